The molecule has 1 aromatic rings. The Hall–Kier alpha value is -1.88. The first-order chi connectivity index (χ1) is 10.2. The number of carbonyl (C=O) groups excluding carboxylic acids is 1. The highest BCUT2D eigenvalue weighted by molar-refractivity contribution is 6.02. The molecule has 3 rings (SSSR count). The minimum Gasteiger partial charge on any atom is -0.480 e. The van der Waals surface area contributed by atoms with Crippen LogP contribution < -0.4 is 4.90 Å². The summed E-state index contributed by atoms with van der Waals surface area (Å²) < 4.78 is 5.60. The lowest BCUT2D eigenvalue weighted by Gasteiger charge is -2.27. The molecule has 1 amide bonds. The molecular formula is C16H19NO4. The van der Waals surface area contributed by atoms with Crippen LogP contribution in [0.5, 0.6) is 0 Å². The topological polar surface area (TPSA) is 66.8 Å². The first kappa shape index (κ1) is 14.1. The lowest BCUT2D eigenvalue weighted by Crippen LogP contribution is -2.44. The summed E-state index contributed by atoms with van der Waals surface area (Å²) in [6, 6.07) is 6.61. The van der Waals surface area contributed by atoms with E-state index in [1.807, 2.05) is 24.3 Å². The molecule has 0 aliphatic carbocycles. The van der Waals surface area contributed by atoms with E-state index in [1.54, 1.807) is 0 Å². The molecule has 2 atom stereocenters. The second kappa shape index (κ2) is 5.85. The van der Waals surface area contributed by atoms with Crippen molar-refractivity contribution in [2.45, 2.75) is 44.2 Å². The maximum Gasteiger partial charge on any atom is 0.327 e. The van der Waals surface area contributed by atoms with Gasteiger partial charge in [0.15, 0.2) is 0 Å². The van der Waals surface area contributed by atoms with Crippen molar-refractivity contribution in [1.82, 2.24) is 0 Å². The Labute approximate surface area is 123 Å². The molecule has 0 saturated carbocycles. The molecule has 0 radical (unpaired) electrons. The number of carboxylic acids is 1. The van der Waals surface area contributed by atoms with Crippen LogP contribution in [0, 0.1) is 0 Å². The van der Waals surface area contributed by atoms with Crippen LogP contribution in [0.4, 0.5) is 5.69 Å². The van der Waals surface area contributed by atoms with Crippen molar-refractivity contribution in [1.29, 1.82) is 0 Å². The fourth-order valence-corrected chi connectivity index (χ4v) is 3.15. The number of nitrogens with zero attached hydrogens (tertiary/aromatic N) is 1. The number of rotatable bonds is 3. The van der Waals surface area contributed by atoms with Crippen molar-refractivity contribution in [3.63, 3.8) is 0 Å². The predicted molar refractivity (Wildman–Crippen MR) is 77.3 cm³/mol. The molecule has 21 heavy (non-hydrogen) atoms. The third kappa shape index (κ3) is 2.78. The molecule has 2 heterocycles. The highest BCUT2D eigenvalue weighted by atomic mass is 16.5. The number of aliphatic carboxylic acids is 1. The van der Waals surface area contributed by atoms with Crippen LogP contribution in [0.3, 0.4) is 0 Å². The number of hydrogen-bond donors (Lipinski definition) is 1. The van der Waals surface area contributed by atoms with E-state index in [2.05, 4.69) is 0 Å². The van der Waals surface area contributed by atoms with E-state index >= 15 is 0 Å². The number of ether oxygens (including phenoxy) is 1. The van der Waals surface area contributed by atoms with Crippen LogP contribution in [0.25, 0.3) is 0 Å². The normalized spacial score (nSPS) is 24.7. The highest BCUT2D eigenvalue weighted by Crippen LogP contribution is 2.33. The number of benzene rings is 1. The number of anilines is 1. The van der Waals surface area contributed by atoms with E-state index in [4.69, 9.17) is 4.74 Å². The lowest BCUT2D eigenvalue weighted by molar-refractivity contribution is -0.140. The Kier molecular flexibility index (Phi) is 3.92. The van der Waals surface area contributed by atoms with E-state index in [0.717, 1.165) is 30.5 Å². The van der Waals surface area contributed by atoms with Crippen molar-refractivity contribution in [2.75, 3.05) is 11.5 Å². The molecule has 2 aliphatic rings. The summed E-state index contributed by atoms with van der Waals surface area (Å²) in [5, 5.41) is 9.39. The smallest absolute Gasteiger partial charge is 0.327 e. The number of fused-ring (bicyclic) bond motifs is 1. The van der Waals surface area contributed by atoms with Gasteiger partial charge in [0.05, 0.1) is 12.5 Å². The molecule has 0 spiro atoms. The summed E-state index contributed by atoms with van der Waals surface area (Å²) in [7, 11) is 0. The van der Waals surface area contributed by atoms with Crippen LogP contribution in [0.2, 0.25) is 0 Å². The minimum absolute atomic E-state index is 0.0755. The van der Waals surface area contributed by atoms with Gasteiger partial charge in [-0.15, -0.1) is 0 Å². The average molecular weight is 289 g/mol. The minimum atomic E-state index is -0.955. The molecule has 2 unspecified atom stereocenters. The zero-order valence-electron chi connectivity index (χ0n) is 11.8. The van der Waals surface area contributed by atoms with Crippen molar-refractivity contribution in [2.24, 2.45) is 0 Å². The SMILES string of the molecule is O=C(O)C1Cc2ccccc2N1C(=O)CC1CCCCO1. The summed E-state index contributed by atoms with van der Waals surface area (Å²) in [6.45, 7) is 0.691. The van der Waals surface area contributed by atoms with Gasteiger partial charge in [-0.1, -0.05) is 18.2 Å². The Bertz CT molecular complexity index is 551. The number of para-hydroxylation sites is 1. The van der Waals surface area contributed by atoms with Gasteiger partial charge in [-0.2, -0.15) is 0 Å². The molecule has 0 bridgehead atoms. The molecule has 5 nitrogen and oxygen atoms in total. The van der Waals surface area contributed by atoms with Gasteiger partial charge in [-0.05, 0) is 30.9 Å². The molecule has 112 valence electrons. The van der Waals surface area contributed by atoms with Crippen molar-refractivity contribution in [3.05, 3.63) is 29.8 Å². The van der Waals surface area contributed by atoms with E-state index in [0.29, 0.717) is 13.0 Å². The fraction of sp³-hybridized carbons (Fsp3) is 0.500. The quantitative estimate of drug-likeness (QED) is 0.924. The molecule has 1 N–H and O–H groups in total. The van der Waals surface area contributed by atoms with Crippen LogP contribution in [-0.2, 0) is 20.7 Å². The Balaban J connectivity index is 1.80. The summed E-state index contributed by atoms with van der Waals surface area (Å²) in [4.78, 5) is 25.5. The summed E-state index contributed by atoms with van der Waals surface area (Å²) in [6.07, 6.45) is 3.54. The van der Waals surface area contributed by atoms with Gasteiger partial charge in [0.25, 0.3) is 0 Å². The number of hydrogen-bond acceptors (Lipinski definition) is 3. The van der Waals surface area contributed by atoms with E-state index in [-0.39, 0.29) is 18.4 Å². The third-order valence-corrected chi connectivity index (χ3v) is 4.21. The van der Waals surface area contributed by atoms with Crippen molar-refractivity contribution in [3.8, 4) is 0 Å². The van der Waals surface area contributed by atoms with Crippen molar-refractivity contribution < 1.29 is 19.4 Å². The van der Waals surface area contributed by atoms with Crippen LogP contribution in [-0.4, -0.2) is 35.7 Å². The second-order valence-electron chi connectivity index (χ2n) is 5.64. The van der Waals surface area contributed by atoms with Crippen LogP contribution >= 0.6 is 0 Å². The number of amides is 1. The maximum atomic E-state index is 12.6. The molecule has 0 aromatic heterocycles. The fourth-order valence-electron chi connectivity index (χ4n) is 3.15. The van der Waals surface area contributed by atoms with E-state index in [9.17, 15) is 14.7 Å². The second-order valence-corrected chi connectivity index (χ2v) is 5.64. The molecule has 1 saturated heterocycles. The Morgan fingerprint density at radius 3 is 2.81 bits per heavy atom. The molecular weight excluding hydrogens is 270 g/mol. The van der Waals surface area contributed by atoms with Gasteiger partial charge in [0.1, 0.15) is 6.04 Å². The standard InChI is InChI=1S/C16H19NO4/c18-15(10-12-6-3-4-8-21-12)17-13-7-2-1-5-11(13)9-14(17)16(19)20/h1-2,5,7,12,14H,3-4,6,8-10H2,(H,19,20). The van der Waals surface area contributed by atoms with Gasteiger partial charge < -0.3 is 9.84 Å². The number of carbonyl (C=O) groups is 2. The summed E-state index contributed by atoms with van der Waals surface area (Å²) >= 11 is 0. The maximum absolute atomic E-state index is 12.6. The van der Waals surface area contributed by atoms with E-state index < -0.39 is 12.0 Å². The van der Waals surface area contributed by atoms with Gasteiger partial charge in [-0.25, -0.2) is 4.79 Å². The highest BCUT2D eigenvalue weighted by Gasteiger charge is 2.38. The zero-order chi connectivity index (χ0) is 14.8. The van der Waals surface area contributed by atoms with Crippen LogP contribution in [0.15, 0.2) is 24.3 Å². The van der Waals surface area contributed by atoms with E-state index in [1.165, 1.54) is 4.90 Å². The third-order valence-electron chi connectivity index (χ3n) is 4.21. The first-order valence-corrected chi connectivity index (χ1v) is 7.41. The predicted octanol–water partition coefficient (Wildman–Crippen LogP) is 1.99. The molecule has 1 aromatic carbocycles. The molecule has 1 fully saturated rings. The average Bonchev–Trinajstić information content (AvgIpc) is 2.88. The monoisotopic (exact) mass is 289 g/mol. The lowest BCUT2D eigenvalue weighted by atomic mass is 10.1. The van der Waals surface area contributed by atoms with Gasteiger partial charge in [0.2, 0.25) is 5.91 Å². The molecule has 5 heteroatoms. The summed E-state index contributed by atoms with van der Waals surface area (Å²) in [5.41, 5.74) is 1.65. The zero-order valence-corrected chi connectivity index (χ0v) is 11.8. The molecule has 2 aliphatic heterocycles. The van der Waals surface area contributed by atoms with Gasteiger partial charge in [-0.3, -0.25) is 9.69 Å². The summed E-state index contributed by atoms with van der Waals surface area (Å²) in [5.74, 6) is -1.11. The van der Waals surface area contributed by atoms with Gasteiger partial charge in [0, 0.05) is 18.7 Å². The van der Waals surface area contributed by atoms with Crippen LogP contribution in [0.1, 0.15) is 31.2 Å². The Morgan fingerprint density at radius 1 is 1.29 bits per heavy atom. The largest absolute Gasteiger partial charge is 0.480 e. The van der Waals surface area contributed by atoms with Gasteiger partial charge >= 0.3 is 5.97 Å². The Morgan fingerprint density at radius 2 is 2.10 bits per heavy atom. The van der Waals surface area contributed by atoms with Crippen molar-refractivity contribution >= 4 is 17.6 Å². The number of carboxylic acid groups (broad SMARTS) is 1. The first-order valence-electron chi connectivity index (χ1n) is 7.41.